The maximum atomic E-state index is 12.5. The minimum atomic E-state index is -0.242. The molecule has 1 atom stereocenters. The molecule has 0 aliphatic carbocycles. The first-order chi connectivity index (χ1) is 12.5. The van der Waals surface area contributed by atoms with Crippen LogP contribution in [0.25, 0.3) is 0 Å². The summed E-state index contributed by atoms with van der Waals surface area (Å²) in [6.07, 6.45) is 4.78. The number of nitrogens with one attached hydrogen (secondary N) is 1. The predicted octanol–water partition coefficient (Wildman–Crippen LogP) is 2.75. The van der Waals surface area contributed by atoms with Crippen molar-refractivity contribution in [3.8, 4) is 0 Å². The second-order valence-electron chi connectivity index (χ2n) is 7.14. The van der Waals surface area contributed by atoms with E-state index in [1.807, 2.05) is 16.4 Å². The average molecular weight is 358 g/mol. The molecular weight excluding hydrogens is 332 g/mol. The third-order valence-electron chi connectivity index (χ3n) is 4.72. The van der Waals surface area contributed by atoms with E-state index in [4.69, 9.17) is 4.42 Å². The number of fused-ring (bicyclic) bond motifs is 1. The lowest BCUT2D eigenvalue weighted by molar-refractivity contribution is -0.134. The number of amides is 2. The first-order valence-corrected chi connectivity index (χ1v) is 9.13. The highest BCUT2D eigenvalue weighted by Crippen LogP contribution is 2.26. The van der Waals surface area contributed by atoms with E-state index in [0.717, 1.165) is 12.2 Å². The summed E-state index contributed by atoms with van der Waals surface area (Å²) >= 11 is 0. The summed E-state index contributed by atoms with van der Waals surface area (Å²) in [6.45, 7) is 7.83. The molecule has 1 aliphatic heterocycles. The minimum Gasteiger partial charge on any atom is -0.467 e. The molecule has 2 aromatic heterocycles. The van der Waals surface area contributed by atoms with Crippen molar-refractivity contribution in [3.05, 3.63) is 41.9 Å². The normalized spacial score (nSPS) is 16.6. The molecule has 0 saturated heterocycles. The molecule has 0 aromatic carbocycles. The molecule has 140 valence electrons. The fraction of sp³-hybridized carbons (Fsp3) is 0.526. The molecule has 7 nitrogen and oxygen atoms in total. The first kappa shape index (κ1) is 18.2. The van der Waals surface area contributed by atoms with Crippen LogP contribution in [0.2, 0.25) is 0 Å². The number of carbonyl (C=O) groups excluding carboxylic acids is 2. The summed E-state index contributed by atoms with van der Waals surface area (Å²) < 4.78 is 7.18. The van der Waals surface area contributed by atoms with E-state index in [1.54, 1.807) is 24.6 Å². The topological polar surface area (TPSA) is 80.4 Å². The van der Waals surface area contributed by atoms with Gasteiger partial charge in [-0.05, 0) is 31.4 Å². The smallest absolute Gasteiger partial charge is 0.271 e. The van der Waals surface area contributed by atoms with Crippen molar-refractivity contribution >= 4 is 11.8 Å². The Hall–Kier alpha value is -2.57. The number of hydrogen-bond acceptors (Lipinski definition) is 4. The van der Waals surface area contributed by atoms with Gasteiger partial charge in [0.1, 0.15) is 17.3 Å². The van der Waals surface area contributed by atoms with Gasteiger partial charge < -0.3 is 19.2 Å². The summed E-state index contributed by atoms with van der Waals surface area (Å²) in [5.41, 5.74) is 0.370. The zero-order chi connectivity index (χ0) is 18.7. The van der Waals surface area contributed by atoms with Gasteiger partial charge in [-0.1, -0.05) is 13.8 Å². The lowest BCUT2D eigenvalue weighted by Gasteiger charge is -2.34. The van der Waals surface area contributed by atoms with Crippen LogP contribution in [0.5, 0.6) is 0 Å². The molecule has 2 amide bonds. The Bertz CT molecular complexity index is 764. The standard InChI is InChI=1S/C19H26N4O3/c1-13(2)6-7-17(24)23-9-8-22-12-16(21-18(22)14(23)3)19(25)20-11-15-5-4-10-26-15/h4-5,10,12-14H,6-9,11H2,1-3H3,(H,20,25)/t14-/m0/s1. The molecule has 0 spiro atoms. The van der Waals surface area contributed by atoms with Crippen molar-refractivity contribution < 1.29 is 14.0 Å². The highest BCUT2D eigenvalue weighted by Gasteiger charge is 2.30. The van der Waals surface area contributed by atoms with E-state index in [-0.39, 0.29) is 17.9 Å². The van der Waals surface area contributed by atoms with E-state index >= 15 is 0 Å². The number of hydrogen-bond donors (Lipinski definition) is 1. The van der Waals surface area contributed by atoms with Gasteiger partial charge in [-0.2, -0.15) is 0 Å². The summed E-state index contributed by atoms with van der Waals surface area (Å²) in [4.78, 5) is 31.2. The number of furan rings is 1. The lowest BCUT2D eigenvalue weighted by Crippen LogP contribution is -2.41. The Morgan fingerprint density at radius 1 is 1.38 bits per heavy atom. The van der Waals surface area contributed by atoms with Gasteiger partial charge in [0.15, 0.2) is 0 Å². The van der Waals surface area contributed by atoms with Crippen molar-refractivity contribution in [1.29, 1.82) is 0 Å². The van der Waals surface area contributed by atoms with Gasteiger partial charge in [0.25, 0.3) is 5.91 Å². The van der Waals surface area contributed by atoms with Crippen LogP contribution in [0.4, 0.5) is 0 Å². The van der Waals surface area contributed by atoms with Crippen LogP contribution in [0, 0.1) is 5.92 Å². The van der Waals surface area contributed by atoms with E-state index in [9.17, 15) is 9.59 Å². The maximum absolute atomic E-state index is 12.5. The molecule has 1 aliphatic rings. The van der Waals surface area contributed by atoms with Crippen LogP contribution in [-0.4, -0.2) is 32.8 Å². The molecule has 0 saturated carbocycles. The molecule has 3 rings (SSSR count). The maximum Gasteiger partial charge on any atom is 0.271 e. The molecule has 2 aromatic rings. The van der Waals surface area contributed by atoms with E-state index in [1.165, 1.54) is 0 Å². The lowest BCUT2D eigenvalue weighted by atomic mass is 10.1. The molecule has 1 N–H and O–H groups in total. The van der Waals surface area contributed by atoms with Crippen molar-refractivity contribution in [2.45, 2.75) is 52.7 Å². The Kier molecular flexibility index (Phi) is 5.44. The zero-order valence-corrected chi connectivity index (χ0v) is 15.6. The number of carbonyl (C=O) groups is 2. The van der Waals surface area contributed by atoms with Crippen LogP contribution in [0.3, 0.4) is 0 Å². The number of aromatic nitrogens is 2. The number of imidazole rings is 1. The van der Waals surface area contributed by atoms with E-state index in [2.05, 4.69) is 24.1 Å². The molecular formula is C19H26N4O3. The predicted molar refractivity (Wildman–Crippen MR) is 96.3 cm³/mol. The van der Waals surface area contributed by atoms with Gasteiger partial charge in [-0.3, -0.25) is 9.59 Å². The summed E-state index contributed by atoms with van der Waals surface area (Å²) in [5, 5.41) is 2.80. The van der Waals surface area contributed by atoms with Crippen LogP contribution < -0.4 is 5.32 Å². The van der Waals surface area contributed by atoms with Crippen LogP contribution in [0.15, 0.2) is 29.0 Å². The Morgan fingerprint density at radius 2 is 2.19 bits per heavy atom. The molecule has 0 radical (unpaired) electrons. The monoisotopic (exact) mass is 358 g/mol. The second-order valence-corrected chi connectivity index (χ2v) is 7.14. The van der Waals surface area contributed by atoms with Gasteiger partial charge in [-0.25, -0.2) is 4.98 Å². The molecule has 3 heterocycles. The van der Waals surface area contributed by atoms with Crippen molar-refractivity contribution in [2.24, 2.45) is 5.92 Å². The van der Waals surface area contributed by atoms with Gasteiger partial charge in [0.2, 0.25) is 5.91 Å². The second kappa shape index (κ2) is 7.76. The molecule has 7 heteroatoms. The van der Waals surface area contributed by atoms with Crippen molar-refractivity contribution in [3.63, 3.8) is 0 Å². The number of rotatable bonds is 6. The molecule has 26 heavy (non-hydrogen) atoms. The molecule has 0 fully saturated rings. The highest BCUT2D eigenvalue weighted by atomic mass is 16.3. The van der Waals surface area contributed by atoms with Crippen molar-refractivity contribution in [2.75, 3.05) is 6.54 Å². The van der Waals surface area contributed by atoms with Crippen LogP contribution in [-0.2, 0) is 17.9 Å². The first-order valence-electron chi connectivity index (χ1n) is 9.13. The minimum absolute atomic E-state index is 0.130. The van der Waals surface area contributed by atoms with Gasteiger partial charge in [0, 0.05) is 25.7 Å². The average Bonchev–Trinajstić information content (AvgIpc) is 3.27. The molecule has 0 bridgehead atoms. The zero-order valence-electron chi connectivity index (χ0n) is 15.6. The Balaban J connectivity index is 1.65. The fourth-order valence-electron chi connectivity index (χ4n) is 3.17. The highest BCUT2D eigenvalue weighted by molar-refractivity contribution is 5.92. The van der Waals surface area contributed by atoms with E-state index in [0.29, 0.717) is 43.4 Å². The van der Waals surface area contributed by atoms with Crippen molar-refractivity contribution in [1.82, 2.24) is 19.8 Å². The summed E-state index contributed by atoms with van der Waals surface area (Å²) in [5.74, 6) is 1.87. The van der Waals surface area contributed by atoms with Crippen LogP contribution >= 0.6 is 0 Å². The Labute approximate surface area is 153 Å². The quantitative estimate of drug-likeness (QED) is 0.861. The van der Waals surface area contributed by atoms with Crippen LogP contribution in [0.1, 0.15) is 61.7 Å². The van der Waals surface area contributed by atoms with Gasteiger partial charge in [-0.15, -0.1) is 0 Å². The molecule has 0 unspecified atom stereocenters. The largest absolute Gasteiger partial charge is 0.467 e. The number of nitrogens with zero attached hydrogens (tertiary/aromatic N) is 3. The third kappa shape index (κ3) is 3.98. The van der Waals surface area contributed by atoms with E-state index < -0.39 is 0 Å². The SMILES string of the molecule is CC(C)CCC(=O)N1CCn2cc(C(=O)NCc3ccco3)nc2[C@@H]1C. The summed E-state index contributed by atoms with van der Waals surface area (Å²) in [7, 11) is 0. The van der Waals surface area contributed by atoms with Gasteiger partial charge in [0.05, 0.1) is 18.8 Å². The Morgan fingerprint density at radius 3 is 2.88 bits per heavy atom. The summed E-state index contributed by atoms with van der Waals surface area (Å²) in [6, 6.07) is 3.46. The fourth-order valence-corrected chi connectivity index (χ4v) is 3.17. The van der Waals surface area contributed by atoms with Gasteiger partial charge >= 0.3 is 0 Å². The third-order valence-corrected chi connectivity index (χ3v) is 4.72.